The second-order valence-corrected chi connectivity index (χ2v) is 3.65. The van der Waals surface area contributed by atoms with Gasteiger partial charge in [-0.15, -0.1) is 0 Å². The lowest BCUT2D eigenvalue weighted by atomic mass is 10.1. The number of hydrogen-bond acceptors (Lipinski definition) is 5. The van der Waals surface area contributed by atoms with E-state index in [-0.39, 0.29) is 23.5 Å². The third-order valence-corrected chi connectivity index (χ3v) is 2.50. The van der Waals surface area contributed by atoms with Crippen molar-refractivity contribution in [2.45, 2.75) is 6.54 Å². The van der Waals surface area contributed by atoms with Crippen molar-refractivity contribution in [3.05, 3.63) is 62.8 Å². The molecule has 2 aromatic rings. The SMILES string of the molecule is Nc1c(Cn2cnccc2=O)cccc1[N+](=O)[O-]. The van der Waals surface area contributed by atoms with Gasteiger partial charge in [-0.25, -0.2) is 4.98 Å². The number of nitrogens with two attached hydrogens (primary N) is 1. The molecule has 2 N–H and O–H groups in total. The zero-order valence-corrected chi connectivity index (χ0v) is 9.31. The number of benzene rings is 1. The monoisotopic (exact) mass is 246 g/mol. The third-order valence-electron chi connectivity index (χ3n) is 2.50. The van der Waals surface area contributed by atoms with E-state index in [1.54, 1.807) is 6.07 Å². The van der Waals surface area contributed by atoms with E-state index in [1.165, 1.54) is 35.3 Å². The number of nitro groups is 1. The van der Waals surface area contributed by atoms with E-state index < -0.39 is 4.92 Å². The van der Waals surface area contributed by atoms with Gasteiger partial charge in [0.05, 0.1) is 17.8 Å². The van der Waals surface area contributed by atoms with Crippen molar-refractivity contribution in [3.8, 4) is 0 Å². The van der Waals surface area contributed by atoms with Crippen LogP contribution in [-0.4, -0.2) is 14.5 Å². The minimum absolute atomic E-state index is 0.0678. The first-order valence-corrected chi connectivity index (χ1v) is 5.12. The van der Waals surface area contributed by atoms with Crippen molar-refractivity contribution in [2.24, 2.45) is 0 Å². The van der Waals surface area contributed by atoms with Gasteiger partial charge in [0.2, 0.25) is 0 Å². The van der Waals surface area contributed by atoms with Gasteiger partial charge in [-0.3, -0.25) is 19.5 Å². The molecule has 0 aliphatic rings. The Morgan fingerprint density at radius 3 is 2.83 bits per heavy atom. The van der Waals surface area contributed by atoms with E-state index in [1.807, 2.05) is 0 Å². The molecule has 0 atom stereocenters. The maximum Gasteiger partial charge on any atom is 0.292 e. The van der Waals surface area contributed by atoms with Crippen LogP contribution in [0.15, 0.2) is 41.6 Å². The maximum atomic E-state index is 11.5. The van der Waals surface area contributed by atoms with Crippen molar-refractivity contribution >= 4 is 11.4 Å². The summed E-state index contributed by atoms with van der Waals surface area (Å²) >= 11 is 0. The van der Waals surface area contributed by atoms with Gasteiger partial charge in [0.15, 0.2) is 0 Å². The summed E-state index contributed by atoms with van der Waals surface area (Å²) in [7, 11) is 0. The minimum Gasteiger partial charge on any atom is -0.393 e. The Bertz CT molecular complexity index is 651. The van der Waals surface area contributed by atoms with Crippen molar-refractivity contribution in [1.82, 2.24) is 9.55 Å². The van der Waals surface area contributed by atoms with Crippen molar-refractivity contribution in [3.63, 3.8) is 0 Å². The summed E-state index contributed by atoms with van der Waals surface area (Å²) in [5, 5.41) is 10.7. The fourth-order valence-electron chi connectivity index (χ4n) is 1.58. The van der Waals surface area contributed by atoms with Gasteiger partial charge >= 0.3 is 0 Å². The van der Waals surface area contributed by atoms with Gasteiger partial charge in [0.1, 0.15) is 5.69 Å². The minimum atomic E-state index is -0.551. The number of anilines is 1. The number of para-hydroxylation sites is 1. The van der Waals surface area contributed by atoms with Crippen molar-refractivity contribution < 1.29 is 4.92 Å². The molecular weight excluding hydrogens is 236 g/mol. The van der Waals surface area contributed by atoms with Crippen LogP contribution in [0.25, 0.3) is 0 Å². The first-order valence-electron chi connectivity index (χ1n) is 5.12. The molecule has 0 saturated heterocycles. The number of nitrogens with zero attached hydrogens (tertiary/aromatic N) is 3. The second-order valence-electron chi connectivity index (χ2n) is 3.65. The molecule has 7 heteroatoms. The summed E-state index contributed by atoms with van der Waals surface area (Å²) < 4.78 is 1.33. The fraction of sp³-hybridized carbons (Fsp3) is 0.0909. The highest BCUT2D eigenvalue weighted by atomic mass is 16.6. The Labute approximate surface area is 102 Å². The lowest BCUT2D eigenvalue weighted by Gasteiger charge is -2.07. The van der Waals surface area contributed by atoms with Crippen molar-refractivity contribution in [1.29, 1.82) is 0 Å². The van der Waals surface area contributed by atoms with E-state index in [9.17, 15) is 14.9 Å². The quantitative estimate of drug-likeness (QED) is 0.489. The second kappa shape index (κ2) is 4.66. The Balaban J connectivity index is 2.42. The molecule has 0 fully saturated rings. The largest absolute Gasteiger partial charge is 0.393 e. The van der Waals surface area contributed by atoms with Crippen LogP contribution < -0.4 is 11.3 Å². The van der Waals surface area contributed by atoms with E-state index in [0.717, 1.165) is 0 Å². The van der Waals surface area contributed by atoms with Crippen LogP contribution in [0.4, 0.5) is 11.4 Å². The molecule has 0 saturated carbocycles. The molecule has 0 radical (unpaired) electrons. The molecule has 0 aliphatic heterocycles. The molecule has 2 rings (SSSR count). The summed E-state index contributed by atoms with van der Waals surface area (Å²) in [5.41, 5.74) is 5.88. The van der Waals surface area contributed by atoms with Crippen LogP contribution in [0.5, 0.6) is 0 Å². The molecule has 0 aliphatic carbocycles. The summed E-state index contributed by atoms with van der Waals surface area (Å²) in [6, 6.07) is 5.81. The summed E-state index contributed by atoms with van der Waals surface area (Å²) in [6.07, 6.45) is 2.75. The Morgan fingerprint density at radius 2 is 2.17 bits per heavy atom. The normalized spacial score (nSPS) is 10.2. The fourth-order valence-corrected chi connectivity index (χ4v) is 1.58. The molecular formula is C11H10N4O3. The summed E-state index contributed by atoms with van der Waals surface area (Å²) in [6.45, 7) is 0.153. The van der Waals surface area contributed by atoms with E-state index in [2.05, 4.69) is 4.98 Å². The predicted octanol–water partition coefficient (Wildman–Crippen LogP) is 0.782. The van der Waals surface area contributed by atoms with Crippen LogP contribution in [0, 0.1) is 10.1 Å². The van der Waals surface area contributed by atoms with Gasteiger partial charge < -0.3 is 5.73 Å². The van der Waals surface area contributed by atoms with Crippen LogP contribution in [0.1, 0.15) is 5.56 Å². The molecule has 92 valence electrons. The zero-order chi connectivity index (χ0) is 13.1. The number of nitrogen functional groups attached to an aromatic ring is 1. The van der Waals surface area contributed by atoms with Crippen LogP contribution in [0.2, 0.25) is 0 Å². The van der Waals surface area contributed by atoms with Crippen molar-refractivity contribution in [2.75, 3.05) is 5.73 Å². The van der Waals surface area contributed by atoms with Crippen LogP contribution in [-0.2, 0) is 6.54 Å². The summed E-state index contributed by atoms with van der Waals surface area (Å²) in [4.78, 5) is 25.5. The van der Waals surface area contributed by atoms with Gasteiger partial charge in [-0.1, -0.05) is 12.1 Å². The predicted molar refractivity (Wildman–Crippen MR) is 65.1 cm³/mol. The average molecular weight is 246 g/mol. The molecule has 0 amide bonds. The van der Waals surface area contributed by atoms with Gasteiger partial charge in [-0.2, -0.15) is 0 Å². The van der Waals surface area contributed by atoms with Gasteiger partial charge in [-0.05, 0) is 0 Å². The third kappa shape index (κ3) is 2.19. The molecule has 1 heterocycles. The first kappa shape index (κ1) is 11.8. The molecule has 18 heavy (non-hydrogen) atoms. The highest BCUT2D eigenvalue weighted by molar-refractivity contribution is 5.62. The average Bonchev–Trinajstić information content (AvgIpc) is 2.34. The molecule has 0 unspecified atom stereocenters. The molecule has 1 aromatic heterocycles. The summed E-state index contributed by atoms with van der Waals surface area (Å²) in [5.74, 6) is 0. The van der Waals surface area contributed by atoms with E-state index in [4.69, 9.17) is 5.73 Å². The Hall–Kier alpha value is -2.70. The lowest BCUT2D eigenvalue weighted by molar-refractivity contribution is -0.383. The van der Waals surface area contributed by atoms with E-state index in [0.29, 0.717) is 5.56 Å². The highest BCUT2D eigenvalue weighted by Crippen LogP contribution is 2.24. The Morgan fingerprint density at radius 1 is 1.39 bits per heavy atom. The first-order chi connectivity index (χ1) is 8.59. The molecule has 7 nitrogen and oxygen atoms in total. The molecule has 0 spiro atoms. The maximum absolute atomic E-state index is 11.5. The topological polar surface area (TPSA) is 104 Å². The van der Waals surface area contributed by atoms with Gasteiger partial charge in [0, 0.05) is 23.9 Å². The van der Waals surface area contributed by atoms with Crippen LogP contribution >= 0.6 is 0 Å². The molecule has 1 aromatic carbocycles. The molecule has 0 bridgehead atoms. The number of rotatable bonds is 3. The van der Waals surface area contributed by atoms with Crippen LogP contribution in [0.3, 0.4) is 0 Å². The number of nitro benzene ring substituents is 1. The van der Waals surface area contributed by atoms with E-state index >= 15 is 0 Å². The number of hydrogen-bond donors (Lipinski definition) is 1. The standard InChI is InChI=1S/C11H10N4O3/c12-11-8(2-1-3-9(11)15(17)18)6-14-7-13-5-4-10(14)16/h1-5,7H,6,12H2. The Kier molecular flexibility index (Phi) is 3.05. The lowest BCUT2D eigenvalue weighted by Crippen LogP contribution is -2.20. The highest BCUT2D eigenvalue weighted by Gasteiger charge is 2.14. The smallest absolute Gasteiger partial charge is 0.292 e. The number of aromatic nitrogens is 2. The van der Waals surface area contributed by atoms with Gasteiger partial charge in [0.25, 0.3) is 11.2 Å². The zero-order valence-electron chi connectivity index (χ0n) is 9.31.